The molecule has 0 saturated carbocycles. The number of esters is 1. The lowest BCUT2D eigenvalue weighted by Crippen LogP contribution is -2.39. The van der Waals surface area contributed by atoms with Gasteiger partial charge in [0.05, 0.1) is 41.7 Å². The molecule has 37 heavy (non-hydrogen) atoms. The van der Waals surface area contributed by atoms with Gasteiger partial charge in [-0.25, -0.2) is 9.79 Å². The number of thiazole rings is 1. The standard InChI is InChI=1S/C26H25N3O7S/c1-3-33-25(31)22-15(2)27-26-29(23(22)16-4-6-18-19(12-16)35-14-34-18)24(30)20(37-26)13-17-5-7-21(36-17)28-8-10-32-11-9-28/h4-7,12-13,23H,3,8-11,14H2,1-2H3/b20-13+. The number of allylic oxidation sites excluding steroid dienone is 1. The van der Waals surface area contributed by atoms with Gasteiger partial charge in [0, 0.05) is 25.2 Å². The molecule has 1 atom stereocenters. The maximum atomic E-state index is 13.8. The Morgan fingerprint density at radius 2 is 2.00 bits per heavy atom. The average molecular weight is 524 g/mol. The van der Waals surface area contributed by atoms with Crippen LogP contribution in [0, 0.1) is 0 Å². The van der Waals surface area contributed by atoms with E-state index in [2.05, 4.69) is 9.89 Å². The Morgan fingerprint density at radius 3 is 2.81 bits per heavy atom. The van der Waals surface area contributed by atoms with Gasteiger partial charge in [-0.2, -0.15) is 0 Å². The zero-order chi connectivity index (χ0) is 25.5. The zero-order valence-electron chi connectivity index (χ0n) is 20.4. The van der Waals surface area contributed by atoms with Crippen LogP contribution in [-0.2, 0) is 14.3 Å². The van der Waals surface area contributed by atoms with Crippen LogP contribution in [0.1, 0.15) is 31.2 Å². The van der Waals surface area contributed by atoms with E-state index in [0.717, 1.165) is 19.0 Å². The molecule has 11 heteroatoms. The van der Waals surface area contributed by atoms with Crippen molar-refractivity contribution >= 4 is 29.3 Å². The molecule has 2 aromatic heterocycles. The number of carbonyl (C=O) groups is 1. The van der Waals surface area contributed by atoms with Gasteiger partial charge in [-0.15, -0.1) is 0 Å². The molecule has 3 aliphatic heterocycles. The molecule has 0 N–H and O–H groups in total. The smallest absolute Gasteiger partial charge is 0.338 e. The first-order valence-electron chi connectivity index (χ1n) is 12.0. The van der Waals surface area contributed by atoms with Crippen LogP contribution < -0.4 is 29.3 Å². The largest absolute Gasteiger partial charge is 0.463 e. The van der Waals surface area contributed by atoms with Gasteiger partial charge in [0.2, 0.25) is 6.79 Å². The van der Waals surface area contributed by atoms with Gasteiger partial charge in [-0.05, 0) is 37.6 Å². The van der Waals surface area contributed by atoms with E-state index in [0.29, 0.717) is 56.6 Å². The second-order valence-electron chi connectivity index (χ2n) is 8.69. The maximum absolute atomic E-state index is 13.8. The van der Waals surface area contributed by atoms with Gasteiger partial charge < -0.3 is 28.3 Å². The Kier molecular flexibility index (Phi) is 6.09. The maximum Gasteiger partial charge on any atom is 0.338 e. The van der Waals surface area contributed by atoms with Crippen molar-refractivity contribution in [3.8, 4) is 11.5 Å². The number of ether oxygens (including phenoxy) is 4. The van der Waals surface area contributed by atoms with E-state index in [1.165, 1.54) is 11.3 Å². The molecule has 3 aromatic rings. The SMILES string of the molecule is CCOC(=O)C1=C(C)N=c2s/c(=C/c3ccc(N4CCOCC4)o3)c(=O)n2C1c1ccc2c(c1)OCO2. The molecule has 0 spiro atoms. The first kappa shape index (κ1) is 23.6. The van der Waals surface area contributed by atoms with E-state index in [-0.39, 0.29) is 19.0 Å². The lowest BCUT2D eigenvalue weighted by molar-refractivity contribution is -0.139. The van der Waals surface area contributed by atoms with Crippen LogP contribution in [0.3, 0.4) is 0 Å². The number of aromatic nitrogens is 1. The Hall–Kier alpha value is -3.83. The van der Waals surface area contributed by atoms with E-state index in [1.807, 2.05) is 18.2 Å². The fourth-order valence-corrected chi connectivity index (χ4v) is 5.72. The molecule has 192 valence electrons. The highest BCUT2D eigenvalue weighted by atomic mass is 32.1. The first-order valence-corrected chi connectivity index (χ1v) is 12.9. The summed E-state index contributed by atoms with van der Waals surface area (Å²) in [6.45, 7) is 6.63. The van der Waals surface area contributed by atoms with Crippen LogP contribution in [0.15, 0.2) is 55.8 Å². The Labute approximate surface area is 215 Å². The number of morpholine rings is 1. The third-order valence-electron chi connectivity index (χ3n) is 6.44. The summed E-state index contributed by atoms with van der Waals surface area (Å²) in [5.41, 5.74) is 1.24. The van der Waals surface area contributed by atoms with E-state index >= 15 is 0 Å². The predicted molar refractivity (Wildman–Crippen MR) is 135 cm³/mol. The van der Waals surface area contributed by atoms with E-state index in [9.17, 15) is 9.59 Å². The van der Waals surface area contributed by atoms with Crippen molar-refractivity contribution in [1.29, 1.82) is 0 Å². The fourth-order valence-electron chi connectivity index (χ4n) is 4.69. The number of hydrogen-bond acceptors (Lipinski definition) is 10. The summed E-state index contributed by atoms with van der Waals surface area (Å²) < 4.78 is 29.8. The summed E-state index contributed by atoms with van der Waals surface area (Å²) in [5, 5.41) is 0. The van der Waals surface area contributed by atoms with Crippen LogP contribution in [0.5, 0.6) is 11.5 Å². The molecule has 0 aliphatic carbocycles. The molecule has 1 fully saturated rings. The van der Waals surface area contributed by atoms with Crippen LogP contribution in [0.25, 0.3) is 6.08 Å². The highest BCUT2D eigenvalue weighted by Gasteiger charge is 2.34. The van der Waals surface area contributed by atoms with Crippen molar-refractivity contribution in [2.75, 3.05) is 44.6 Å². The molecule has 10 nitrogen and oxygen atoms in total. The summed E-state index contributed by atoms with van der Waals surface area (Å²) in [7, 11) is 0. The minimum Gasteiger partial charge on any atom is -0.463 e. The van der Waals surface area contributed by atoms with Crippen molar-refractivity contribution in [3.05, 3.63) is 72.6 Å². The molecule has 1 saturated heterocycles. The number of furan rings is 1. The van der Waals surface area contributed by atoms with E-state index in [4.69, 9.17) is 23.4 Å². The first-order chi connectivity index (χ1) is 18.0. The lowest BCUT2D eigenvalue weighted by atomic mass is 9.95. The van der Waals surface area contributed by atoms with Gasteiger partial charge in [0.15, 0.2) is 22.2 Å². The van der Waals surface area contributed by atoms with Crippen molar-refractivity contribution in [3.63, 3.8) is 0 Å². The number of anilines is 1. The second-order valence-corrected chi connectivity index (χ2v) is 9.70. The monoisotopic (exact) mass is 523 g/mol. The summed E-state index contributed by atoms with van der Waals surface area (Å²) in [5.74, 6) is 1.96. The van der Waals surface area contributed by atoms with Crippen molar-refractivity contribution in [1.82, 2.24) is 4.57 Å². The number of benzene rings is 1. The molecule has 3 aliphatic rings. The molecule has 6 rings (SSSR count). The molecule has 1 unspecified atom stereocenters. The summed E-state index contributed by atoms with van der Waals surface area (Å²) in [6, 6.07) is 8.41. The molecular weight excluding hydrogens is 498 g/mol. The summed E-state index contributed by atoms with van der Waals surface area (Å²) in [4.78, 5) is 34.0. The number of fused-ring (bicyclic) bond motifs is 2. The summed E-state index contributed by atoms with van der Waals surface area (Å²) >= 11 is 1.25. The Bertz CT molecular complexity index is 1580. The lowest BCUT2D eigenvalue weighted by Gasteiger charge is -2.26. The third kappa shape index (κ3) is 4.23. The van der Waals surface area contributed by atoms with Gasteiger partial charge >= 0.3 is 5.97 Å². The minimum absolute atomic E-state index is 0.122. The van der Waals surface area contributed by atoms with E-state index in [1.54, 1.807) is 36.6 Å². The van der Waals surface area contributed by atoms with E-state index < -0.39 is 12.0 Å². The third-order valence-corrected chi connectivity index (χ3v) is 7.42. The van der Waals surface area contributed by atoms with Crippen LogP contribution in [-0.4, -0.2) is 50.2 Å². The van der Waals surface area contributed by atoms with Crippen LogP contribution >= 0.6 is 11.3 Å². The number of carbonyl (C=O) groups excluding carboxylic acids is 1. The molecule has 0 amide bonds. The highest BCUT2D eigenvalue weighted by Crippen LogP contribution is 2.38. The Balaban J connectivity index is 1.45. The minimum atomic E-state index is -0.729. The van der Waals surface area contributed by atoms with Gasteiger partial charge in [0.1, 0.15) is 5.76 Å². The van der Waals surface area contributed by atoms with Crippen molar-refractivity contribution in [2.24, 2.45) is 4.99 Å². The number of nitrogens with zero attached hydrogens (tertiary/aromatic N) is 3. The Morgan fingerprint density at radius 1 is 1.19 bits per heavy atom. The van der Waals surface area contributed by atoms with Gasteiger partial charge in [-0.3, -0.25) is 9.36 Å². The van der Waals surface area contributed by atoms with Crippen LogP contribution in [0.4, 0.5) is 5.88 Å². The summed E-state index contributed by atoms with van der Waals surface area (Å²) in [6.07, 6.45) is 1.72. The molecule has 0 radical (unpaired) electrons. The predicted octanol–water partition coefficient (Wildman–Crippen LogP) is 1.96. The van der Waals surface area contributed by atoms with Crippen LogP contribution in [0.2, 0.25) is 0 Å². The number of hydrogen-bond donors (Lipinski definition) is 0. The van der Waals surface area contributed by atoms with Crippen molar-refractivity contribution in [2.45, 2.75) is 19.9 Å². The van der Waals surface area contributed by atoms with Gasteiger partial charge in [-0.1, -0.05) is 17.4 Å². The average Bonchev–Trinajstić information content (AvgIpc) is 3.63. The van der Waals surface area contributed by atoms with Crippen molar-refractivity contribution < 1.29 is 28.2 Å². The molecule has 5 heterocycles. The quantitative estimate of drug-likeness (QED) is 0.468. The molecular formula is C26H25N3O7S. The van der Waals surface area contributed by atoms with Gasteiger partial charge in [0.25, 0.3) is 5.56 Å². The molecule has 1 aromatic carbocycles. The normalized spacial score (nSPS) is 19.1. The topological polar surface area (TPSA) is 105 Å². The number of rotatable bonds is 5. The fraction of sp³-hybridized carbons (Fsp3) is 0.346. The molecule has 0 bridgehead atoms. The zero-order valence-corrected chi connectivity index (χ0v) is 21.2. The second kappa shape index (κ2) is 9.56. The highest BCUT2D eigenvalue weighted by molar-refractivity contribution is 7.07.